The number of benzene rings is 1. The molecule has 54 heavy (non-hydrogen) atoms. The summed E-state index contributed by atoms with van der Waals surface area (Å²) in [7, 11) is 0. The van der Waals surface area contributed by atoms with Crippen molar-refractivity contribution < 1.29 is 48.6 Å². The molecule has 298 valence electrons. The summed E-state index contributed by atoms with van der Waals surface area (Å²) in [4.78, 5) is 102. The minimum atomic E-state index is -1.66. The maximum atomic E-state index is 13.9. The van der Waals surface area contributed by atoms with Crippen molar-refractivity contribution in [2.24, 2.45) is 17.6 Å². The fourth-order valence-electron chi connectivity index (χ4n) is 7.30. The second-order valence-corrected chi connectivity index (χ2v) is 14.6. The van der Waals surface area contributed by atoms with Gasteiger partial charge in [0.25, 0.3) is 0 Å². The minimum absolute atomic E-state index is 0.0108. The summed E-state index contributed by atoms with van der Waals surface area (Å²) in [5, 5.41) is 32.4. The SMILES string of the molecule is CC(=O)NC(CCC(N)=O)C(=O)N[C@@H](CC1CCCCC1)C(=O)NC(CC(=O)O)C(=O)N[C@@H](CC1CCCCC1)C(=O)NC(Cc1ccccc1)C(=O)O. The average molecular weight is 757 g/mol. The highest BCUT2D eigenvalue weighted by Gasteiger charge is 2.35. The Morgan fingerprint density at radius 2 is 1.07 bits per heavy atom. The summed E-state index contributed by atoms with van der Waals surface area (Å²) in [6, 6.07) is 2.10. The maximum Gasteiger partial charge on any atom is 0.326 e. The molecule has 3 rings (SSSR count). The van der Waals surface area contributed by atoms with Crippen LogP contribution in [0.15, 0.2) is 30.3 Å². The number of aliphatic carboxylic acids is 2. The van der Waals surface area contributed by atoms with Crippen LogP contribution in [0.3, 0.4) is 0 Å². The quantitative estimate of drug-likeness (QED) is 0.0895. The number of nitrogens with one attached hydrogen (secondary N) is 5. The van der Waals surface area contributed by atoms with Gasteiger partial charge in [0.2, 0.25) is 35.4 Å². The molecule has 0 heterocycles. The van der Waals surface area contributed by atoms with E-state index in [4.69, 9.17) is 5.73 Å². The van der Waals surface area contributed by atoms with Crippen molar-refractivity contribution in [2.45, 2.75) is 140 Å². The number of carbonyl (C=O) groups is 8. The number of hydrogen-bond acceptors (Lipinski definition) is 8. The van der Waals surface area contributed by atoms with Gasteiger partial charge in [-0.25, -0.2) is 4.79 Å². The molecule has 2 saturated carbocycles. The number of nitrogens with two attached hydrogens (primary N) is 1. The van der Waals surface area contributed by atoms with E-state index >= 15 is 0 Å². The van der Waals surface area contributed by atoms with Crippen LogP contribution in [0.5, 0.6) is 0 Å². The van der Waals surface area contributed by atoms with Gasteiger partial charge in [0.05, 0.1) is 6.42 Å². The smallest absolute Gasteiger partial charge is 0.326 e. The predicted molar refractivity (Wildman–Crippen MR) is 196 cm³/mol. The summed E-state index contributed by atoms with van der Waals surface area (Å²) in [5.41, 5.74) is 5.93. The fourth-order valence-corrected chi connectivity index (χ4v) is 7.30. The van der Waals surface area contributed by atoms with Gasteiger partial charge in [-0.3, -0.25) is 33.6 Å². The lowest BCUT2D eigenvalue weighted by Crippen LogP contribution is -2.59. The molecule has 0 aromatic heterocycles. The topological polar surface area (TPSA) is 263 Å². The number of hydrogen-bond donors (Lipinski definition) is 8. The van der Waals surface area contributed by atoms with Crippen LogP contribution in [-0.2, 0) is 44.8 Å². The van der Waals surface area contributed by atoms with Crippen LogP contribution in [0.2, 0.25) is 0 Å². The summed E-state index contributed by atoms with van der Waals surface area (Å²) in [5.74, 6) is -7.15. The molecule has 0 radical (unpaired) electrons. The molecule has 3 unspecified atom stereocenters. The first-order valence-corrected chi connectivity index (χ1v) is 19.0. The second kappa shape index (κ2) is 22.3. The number of carbonyl (C=O) groups excluding carboxylic acids is 6. The first kappa shape index (κ1) is 43.4. The van der Waals surface area contributed by atoms with Crippen molar-refractivity contribution in [1.82, 2.24) is 26.6 Å². The molecule has 1 aromatic rings. The van der Waals surface area contributed by atoms with Crippen LogP contribution in [0.25, 0.3) is 0 Å². The lowest BCUT2D eigenvalue weighted by molar-refractivity contribution is -0.143. The third-order valence-electron chi connectivity index (χ3n) is 10.1. The van der Waals surface area contributed by atoms with Crippen molar-refractivity contribution >= 4 is 47.4 Å². The molecule has 16 heteroatoms. The van der Waals surface area contributed by atoms with E-state index in [0.717, 1.165) is 64.2 Å². The monoisotopic (exact) mass is 756 g/mol. The van der Waals surface area contributed by atoms with Gasteiger partial charge in [0, 0.05) is 19.8 Å². The summed E-state index contributed by atoms with van der Waals surface area (Å²) in [6.45, 7) is 1.19. The molecule has 0 spiro atoms. The van der Waals surface area contributed by atoms with Gasteiger partial charge in [-0.2, -0.15) is 0 Å². The lowest BCUT2D eigenvalue weighted by Gasteiger charge is -2.30. The molecule has 2 aliphatic rings. The van der Waals surface area contributed by atoms with E-state index in [1.54, 1.807) is 30.3 Å². The standard InChI is InChI=1S/C38H56N6O10/c1-23(45)40-27(17-18-32(39)46)34(49)41-28(19-24-11-5-2-6-12-24)35(50)43-30(22-33(47)48)37(52)42-29(20-25-13-7-3-8-14-25)36(51)44-31(38(53)54)21-26-15-9-4-10-16-26/h4,9-10,15-16,24-25,27-31H,2-3,5-8,11-14,17-22H2,1H3,(H2,39,46)(H,40,45)(H,41,49)(H,42,52)(H,43,50)(H,44,51)(H,47,48)(H,53,54)/t27?,28-,29-,30?,31?/m0/s1. The summed E-state index contributed by atoms with van der Waals surface area (Å²) in [6.07, 6.45) is 8.06. The molecule has 0 saturated heterocycles. The van der Waals surface area contributed by atoms with Crippen LogP contribution in [-0.4, -0.2) is 87.8 Å². The van der Waals surface area contributed by atoms with Gasteiger partial charge in [0.15, 0.2) is 0 Å². The molecule has 0 aliphatic heterocycles. The molecular formula is C38H56N6O10. The van der Waals surface area contributed by atoms with Gasteiger partial charge in [-0.15, -0.1) is 0 Å². The molecule has 1 aromatic carbocycles. The fraction of sp³-hybridized carbons (Fsp3) is 0.632. The second-order valence-electron chi connectivity index (χ2n) is 14.6. The van der Waals surface area contributed by atoms with Gasteiger partial charge < -0.3 is 42.5 Å². The van der Waals surface area contributed by atoms with E-state index in [0.29, 0.717) is 5.56 Å². The van der Waals surface area contributed by atoms with Crippen molar-refractivity contribution in [2.75, 3.05) is 0 Å². The molecule has 0 bridgehead atoms. The molecule has 2 aliphatic carbocycles. The predicted octanol–water partition coefficient (Wildman–Crippen LogP) is 1.44. The van der Waals surface area contributed by atoms with Gasteiger partial charge >= 0.3 is 11.9 Å². The zero-order chi connectivity index (χ0) is 39.6. The average Bonchev–Trinajstić information content (AvgIpc) is 3.12. The summed E-state index contributed by atoms with van der Waals surface area (Å²) >= 11 is 0. The molecule has 16 nitrogen and oxygen atoms in total. The molecule has 9 N–H and O–H groups in total. The van der Waals surface area contributed by atoms with Crippen molar-refractivity contribution in [3.63, 3.8) is 0 Å². The van der Waals surface area contributed by atoms with Crippen LogP contribution in [0, 0.1) is 11.8 Å². The van der Waals surface area contributed by atoms with E-state index in [9.17, 15) is 48.6 Å². The minimum Gasteiger partial charge on any atom is -0.481 e. The van der Waals surface area contributed by atoms with Crippen molar-refractivity contribution in [3.05, 3.63) is 35.9 Å². The highest BCUT2D eigenvalue weighted by atomic mass is 16.4. The zero-order valence-corrected chi connectivity index (χ0v) is 31.0. The maximum absolute atomic E-state index is 13.9. The Kier molecular flexibility index (Phi) is 17.9. The number of amides is 6. The Morgan fingerprint density at radius 1 is 0.630 bits per heavy atom. The highest BCUT2D eigenvalue weighted by Crippen LogP contribution is 2.29. The van der Waals surface area contributed by atoms with E-state index in [2.05, 4.69) is 26.6 Å². The molecule has 5 atom stereocenters. The van der Waals surface area contributed by atoms with Gasteiger partial charge in [-0.1, -0.05) is 94.5 Å². The Morgan fingerprint density at radius 3 is 1.52 bits per heavy atom. The summed E-state index contributed by atoms with van der Waals surface area (Å²) < 4.78 is 0. The lowest BCUT2D eigenvalue weighted by atomic mass is 9.84. The van der Waals surface area contributed by atoms with E-state index in [1.807, 2.05) is 0 Å². The third-order valence-corrected chi connectivity index (χ3v) is 10.1. The third kappa shape index (κ3) is 15.5. The Bertz CT molecular complexity index is 1460. The Labute approximate surface area is 315 Å². The van der Waals surface area contributed by atoms with E-state index in [1.165, 1.54) is 6.92 Å². The van der Waals surface area contributed by atoms with Gasteiger partial charge in [-0.05, 0) is 36.7 Å². The Hall–Kier alpha value is -5.02. The first-order valence-electron chi connectivity index (χ1n) is 19.0. The molecular weight excluding hydrogens is 700 g/mol. The van der Waals surface area contributed by atoms with Crippen LogP contribution in [0.1, 0.15) is 109 Å². The van der Waals surface area contributed by atoms with E-state index in [-0.39, 0.29) is 43.9 Å². The zero-order valence-electron chi connectivity index (χ0n) is 31.0. The highest BCUT2D eigenvalue weighted by molar-refractivity contribution is 5.97. The molecule has 6 amide bonds. The number of rotatable bonds is 21. The molecule has 2 fully saturated rings. The van der Waals surface area contributed by atoms with Crippen LogP contribution >= 0.6 is 0 Å². The number of carboxylic acid groups (broad SMARTS) is 2. The van der Waals surface area contributed by atoms with E-state index < -0.39 is 84.0 Å². The largest absolute Gasteiger partial charge is 0.481 e. The number of primary amides is 1. The normalized spacial score (nSPS) is 17.7. The van der Waals surface area contributed by atoms with Crippen LogP contribution in [0.4, 0.5) is 0 Å². The first-order chi connectivity index (χ1) is 25.7. The van der Waals surface area contributed by atoms with Crippen molar-refractivity contribution in [1.29, 1.82) is 0 Å². The van der Waals surface area contributed by atoms with Gasteiger partial charge in [0.1, 0.15) is 30.2 Å². The number of carboxylic acids is 2. The Balaban J connectivity index is 1.83. The van der Waals surface area contributed by atoms with Crippen LogP contribution < -0.4 is 32.3 Å². The van der Waals surface area contributed by atoms with Crippen molar-refractivity contribution in [3.8, 4) is 0 Å².